The maximum Gasteiger partial charge on any atom is 0.238 e. The number of nitrogens with zero attached hydrogens (tertiary/aromatic N) is 1. The Morgan fingerprint density at radius 3 is 2.25 bits per heavy atom. The van der Waals surface area contributed by atoms with Crippen LogP contribution in [0.3, 0.4) is 0 Å². The third-order valence-corrected chi connectivity index (χ3v) is 9.17. The normalized spacial score (nSPS) is 22.6. The highest BCUT2D eigenvalue weighted by Gasteiger charge is 2.70. The van der Waals surface area contributed by atoms with Gasteiger partial charge in [0.25, 0.3) is 0 Å². The minimum atomic E-state index is -1.44. The predicted octanol–water partition coefficient (Wildman–Crippen LogP) is 5.69. The number of ketones is 2. The lowest BCUT2D eigenvalue weighted by Crippen LogP contribution is -2.49. The zero-order valence-electron chi connectivity index (χ0n) is 24.4. The number of carbonyl (C=O) groups excluding carboxylic acids is 3. The minimum Gasteiger partial charge on any atom is -0.497 e. The van der Waals surface area contributed by atoms with E-state index in [0.717, 1.165) is 11.1 Å². The Kier molecular flexibility index (Phi) is 6.50. The van der Waals surface area contributed by atoms with Gasteiger partial charge in [-0.25, -0.2) is 0 Å². The van der Waals surface area contributed by atoms with Crippen molar-refractivity contribution in [1.29, 1.82) is 0 Å². The molecule has 220 valence electrons. The topological polar surface area (TPSA) is 94.2 Å². The molecule has 1 saturated heterocycles. The second-order valence-corrected chi connectivity index (χ2v) is 11.1. The number of hydrogen-bond donors (Lipinski definition) is 1. The molecule has 0 aliphatic carbocycles. The van der Waals surface area contributed by atoms with Crippen molar-refractivity contribution >= 4 is 29.2 Å². The summed E-state index contributed by atoms with van der Waals surface area (Å²) in [4.78, 5) is 46.4. The van der Waals surface area contributed by atoms with Gasteiger partial charge in [-0.2, -0.15) is 0 Å². The number of amides is 1. The number of ether oxygens (including phenoxy) is 3. The molecule has 0 bridgehead atoms. The van der Waals surface area contributed by atoms with Crippen molar-refractivity contribution in [1.82, 2.24) is 4.90 Å². The molecule has 44 heavy (non-hydrogen) atoms. The van der Waals surface area contributed by atoms with Gasteiger partial charge in [-0.15, -0.1) is 0 Å². The maximum absolute atomic E-state index is 15.1. The van der Waals surface area contributed by atoms with E-state index in [-0.39, 0.29) is 23.0 Å². The molecule has 1 fully saturated rings. The van der Waals surface area contributed by atoms with Crippen LogP contribution in [0.4, 0.5) is 5.69 Å². The first-order valence-electron chi connectivity index (χ1n) is 14.3. The quantitative estimate of drug-likeness (QED) is 0.278. The van der Waals surface area contributed by atoms with E-state index < -0.39 is 23.4 Å². The highest BCUT2D eigenvalue weighted by Crippen LogP contribution is 2.62. The first-order valence-corrected chi connectivity index (χ1v) is 14.3. The number of anilines is 1. The van der Waals surface area contributed by atoms with Crippen molar-refractivity contribution in [3.8, 4) is 17.2 Å². The van der Waals surface area contributed by atoms with Gasteiger partial charge in [-0.1, -0.05) is 42.5 Å². The molecule has 1 N–H and O–H groups in total. The Balaban J connectivity index is 1.52. The lowest BCUT2D eigenvalue weighted by Gasteiger charge is -2.38. The van der Waals surface area contributed by atoms with Crippen LogP contribution in [-0.4, -0.2) is 49.7 Å². The number of para-hydroxylation sites is 1. The van der Waals surface area contributed by atoms with Gasteiger partial charge in [-0.3, -0.25) is 14.4 Å². The Labute approximate surface area is 254 Å². The first kappa shape index (κ1) is 27.5. The van der Waals surface area contributed by atoms with E-state index in [2.05, 4.69) is 5.32 Å². The first-order chi connectivity index (χ1) is 21.4. The van der Waals surface area contributed by atoms with E-state index in [1.165, 1.54) is 14.2 Å². The van der Waals surface area contributed by atoms with Gasteiger partial charge < -0.3 is 24.4 Å². The fraction of sp³-hybridized carbons (Fsp3) is 0.194. The number of carbonyl (C=O) groups is 3. The molecule has 0 aromatic heterocycles. The van der Waals surface area contributed by atoms with Gasteiger partial charge in [-0.05, 0) is 65.2 Å². The van der Waals surface area contributed by atoms with Crippen LogP contribution in [0.1, 0.15) is 43.4 Å². The number of fused-ring (bicyclic) bond motifs is 6. The van der Waals surface area contributed by atoms with E-state index in [1.54, 1.807) is 49.6 Å². The van der Waals surface area contributed by atoms with Crippen LogP contribution in [0.15, 0.2) is 97.2 Å². The zero-order valence-corrected chi connectivity index (χ0v) is 24.4. The highest BCUT2D eigenvalue weighted by atomic mass is 16.5. The molecule has 1 spiro atoms. The number of rotatable bonds is 7. The summed E-state index contributed by atoms with van der Waals surface area (Å²) < 4.78 is 16.4. The van der Waals surface area contributed by atoms with Crippen LogP contribution in [0.5, 0.6) is 17.2 Å². The number of methoxy groups -OCH3 is 3. The summed E-state index contributed by atoms with van der Waals surface area (Å²) >= 11 is 0. The van der Waals surface area contributed by atoms with Crippen molar-refractivity contribution in [3.63, 3.8) is 0 Å². The molecular formula is C36H30N2O6. The Bertz CT molecular complexity index is 1850. The van der Waals surface area contributed by atoms with Crippen LogP contribution >= 0.6 is 0 Å². The SMILES string of the molecule is COc1ccc(C(=O)[C@@H]2[C@H](C(=O)c3ccc(OC)cc3OC)[C@@]3(C(=O)Nc4ccccc43)[C@@H]3c4ccccc4C=CN23)cc1. The van der Waals surface area contributed by atoms with Crippen LogP contribution in [-0.2, 0) is 10.2 Å². The van der Waals surface area contributed by atoms with Gasteiger partial charge in [0.2, 0.25) is 5.91 Å². The summed E-state index contributed by atoms with van der Waals surface area (Å²) in [5.74, 6) is -0.673. The second-order valence-electron chi connectivity index (χ2n) is 11.1. The summed E-state index contributed by atoms with van der Waals surface area (Å²) in [6, 6.07) is 25.4. The van der Waals surface area contributed by atoms with Gasteiger partial charge >= 0.3 is 0 Å². The average molecular weight is 587 g/mol. The van der Waals surface area contributed by atoms with E-state index in [0.29, 0.717) is 34.1 Å². The fourth-order valence-corrected chi connectivity index (χ4v) is 7.26. The number of nitrogens with one attached hydrogen (secondary N) is 1. The Morgan fingerprint density at radius 1 is 0.795 bits per heavy atom. The molecule has 4 atom stereocenters. The molecule has 4 aromatic rings. The zero-order chi connectivity index (χ0) is 30.6. The Morgan fingerprint density at radius 2 is 1.50 bits per heavy atom. The molecule has 8 heteroatoms. The van der Waals surface area contributed by atoms with E-state index in [9.17, 15) is 9.59 Å². The monoisotopic (exact) mass is 586 g/mol. The van der Waals surface area contributed by atoms with Crippen LogP contribution in [0, 0.1) is 5.92 Å². The second kappa shape index (κ2) is 10.4. The molecule has 0 unspecified atom stereocenters. The lowest BCUT2D eigenvalue weighted by molar-refractivity contribution is -0.122. The molecule has 4 aromatic carbocycles. The maximum atomic E-state index is 15.1. The predicted molar refractivity (Wildman–Crippen MR) is 165 cm³/mol. The molecule has 0 radical (unpaired) electrons. The lowest BCUT2D eigenvalue weighted by atomic mass is 9.62. The van der Waals surface area contributed by atoms with Crippen molar-refractivity contribution in [2.24, 2.45) is 5.92 Å². The van der Waals surface area contributed by atoms with Crippen LogP contribution < -0.4 is 19.5 Å². The molecule has 1 amide bonds. The van der Waals surface area contributed by atoms with Gasteiger partial charge in [0, 0.05) is 23.5 Å². The van der Waals surface area contributed by atoms with Crippen molar-refractivity contribution in [2.75, 3.05) is 26.6 Å². The highest BCUT2D eigenvalue weighted by molar-refractivity contribution is 6.17. The van der Waals surface area contributed by atoms with Crippen LogP contribution in [0.25, 0.3) is 6.08 Å². The van der Waals surface area contributed by atoms with Crippen molar-refractivity contribution < 1.29 is 28.6 Å². The standard InChI is InChI=1S/C36H30N2O6/c1-42-23-14-12-22(13-15-23)32(39)31-30(33(40)26-17-16-24(43-2)20-29(26)44-3)36(27-10-6-7-11-28(27)37-35(36)41)34-25-9-5-4-8-21(25)18-19-38(31)34/h4-20,30-31,34H,1-3H3,(H,37,41)/t30-,31+,34+,36-/m1/s1. The molecule has 7 rings (SSSR count). The third-order valence-electron chi connectivity index (χ3n) is 9.17. The van der Waals surface area contributed by atoms with Gasteiger partial charge in [0.15, 0.2) is 11.6 Å². The summed E-state index contributed by atoms with van der Waals surface area (Å²) in [7, 11) is 4.58. The van der Waals surface area contributed by atoms with E-state index >= 15 is 4.79 Å². The summed E-state index contributed by atoms with van der Waals surface area (Å²) in [6.45, 7) is 0. The van der Waals surface area contributed by atoms with Crippen LogP contribution in [0.2, 0.25) is 0 Å². The van der Waals surface area contributed by atoms with Gasteiger partial charge in [0.05, 0.1) is 38.9 Å². The van der Waals surface area contributed by atoms with Crippen molar-refractivity contribution in [2.45, 2.75) is 17.5 Å². The molecule has 3 heterocycles. The Hall–Kier alpha value is -5.37. The summed E-state index contributed by atoms with van der Waals surface area (Å²) in [5.41, 5.74) is 2.33. The minimum absolute atomic E-state index is 0.263. The summed E-state index contributed by atoms with van der Waals surface area (Å²) in [6.07, 6.45) is 3.79. The van der Waals surface area contributed by atoms with E-state index in [4.69, 9.17) is 14.2 Å². The molecule has 0 saturated carbocycles. The smallest absolute Gasteiger partial charge is 0.238 e. The number of hydrogen-bond acceptors (Lipinski definition) is 7. The molecule has 3 aliphatic rings. The average Bonchev–Trinajstić information content (AvgIpc) is 3.55. The third kappa shape index (κ3) is 3.80. The van der Waals surface area contributed by atoms with Gasteiger partial charge in [0.1, 0.15) is 28.7 Å². The van der Waals surface area contributed by atoms with Crippen molar-refractivity contribution in [3.05, 3.63) is 125 Å². The molecule has 8 nitrogen and oxygen atoms in total. The molecule has 3 aliphatic heterocycles. The molecular weight excluding hydrogens is 556 g/mol. The fourth-order valence-electron chi connectivity index (χ4n) is 7.26. The largest absolute Gasteiger partial charge is 0.497 e. The summed E-state index contributed by atoms with van der Waals surface area (Å²) in [5, 5.41) is 3.07. The number of Topliss-reactive ketones (excluding diaryl/α,β-unsaturated/α-hetero) is 2. The number of benzene rings is 4. The van der Waals surface area contributed by atoms with E-state index in [1.807, 2.05) is 65.7 Å².